The van der Waals surface area contributed by atoms with E-state index in [9.17, 15) is 14.7 Å². The molecule has 4 nitrogen and oxygen atoms in total. The van der Waals surface area contributed by atoms with Crippen molar-refractivity contribution in [3.8, 4) is 0 Å². The first-order chi connectivity index (χ1) is 14.8. The number of carboxylic acid groups (broad SMARTS) is 1. The normalized spacial score (nSPS) is 17.5. The number of carbonyl (C=O) groups is 2. The van der Waals surface area contributed by atoms with E-state index in [0.29, 0.717) is 17.4 Å². The van der Waals surface area contributed by atoms with Crippen molar-refractivity contribution in [2.24, 2.45) is 0 Å². The minimum atomic E-state index is -0.966. The van der Waals surface area contributed by atoms with Crippen molar-refractivity contribution in [2.75, 3.05) is 11.5 Å². The van der Waals surface area contributed by atoms with Crippen LogP contribution in [-0.2, 0) is 9.59 Å². The van der Waals surface area contributed by atoms with Gasteiger partial charge in [-0.25, -0.2) is 4.79 Å². The molecule has 1 rings (SSSR count). The third-order valence-electron chi connectivity index (χ3n) is 5.05. The molecule has 1 amide bonds. The molecule has 0 aromatic rings. The zero-order chi connectivity index (χ0) is 23.1. The Labute approximate surface area is 197 Å². The molecule has 2 atom stereocenters. The first kappa shape index (κ1) is 27.6. The molecule has 0 radical (unpaired) electrons. The van der Waals surface area contributed by atoms with Crippen LogP contribution in [0, 0.1) is 0 Å². The second-order valence-corrected chi connectivity index (χ2v) is 10.6. The van der Waals surface area contributed by atoms with E-state index in [0.717, 1.165) is 44.3 Å². The van der Waals surface area contributed by atoms with Gasteiger partial charge in [-0.05, 0) is 71.6 Å². The van der Waals surface area contributed by atoms with E-state index in [1.54, 1.807) is 23.5 Å². The predicted molar refractivity (Wildman–Crippen MR) is 137 cm³/mol. The molecule has 1 aliphatic rings. The molecule has 0 spiro atoms. The Bertz CT molecular complexity index is 683. The fourth-order valence-electron chi connectivity index (χ4n) is 3.07. The number of carboxylic acids is 1. The second-order valence-electron chi connectivity index (χ2n) is 8.36. The van der Waals surface area contributed by atoms with Crippen LogP contribution in [0.25, 0.3) is 0 Å². The van der Waals surface area contributed by atoms with Gasteiger partial charge < -0.3 is 10.4 Å². The van der Waals surface area contributed by atoms with Crippen molar-refractivity contribution in [1.29, 1.82) is 0 Å². The minimum absolute atomic E-state index is 0.168. The Balaban J connectivity index is 2.25. The summed E-state index contributed by atoms with van der Waals surface area (Å²) in [5.41, 5.74) is 4.12. The zero-order valence-electron chi connectivity index (χ0n) is 19.5. The third kappa shape index (κ3) is 14.3. The van der Waals surface area contributed by atoms with Crippen LogP contribution in [0.4, 0.5) is 0 Å². The van der Waals surface area contributed by atoms with Gasteiger partial charge in [0.2, 0.25) is 5.91 Å². The average Bonchev–Trinajstić information content (AvgIpc) is 3.22. The molecular formula is C25H39NO3S2. The molecule has 174 valence electrons. The Kier molecular flexibility index (Phi) is 14.5. The number of carbonyl (C=O) groups excluding carboxylic acids is 1. The maximum Gasteiger partial charge on any atom is 0.327 e. The largest absolute Gasteiger partial charge is 0.480 e. The zero-order valence-corrected chi connectivity index (χ0v) is 21.1. The molecule has 0 saturated carbocycles. The third-order valence-corrected chi connectivity index (χ3v) is 7.18. The van der Waals surface area contributed by atoms with Gasteiger partial charge in [0, 0.05) is 23.2 Å². The number of allylic oxidation sites excluding steroid dienone is 6. The van der Waals surface area contributed by atoms with E-state index >= 15 is 0 Å². The lowest BCUT2D eigenvalue weighted by Gasteiger charge is -2.15. The van der Waals surface area contributed by atoms with Crippen LogP contribution >= 0.6 is 23.5 Å². The second kappa shape index (κ2) is 16.3. The summed E-state index contributed by atoms with van der Waals surface area (Å²) in [6, 6.07) is -0.827. The SMILES string of the molecule is CC(C)=CCC/C(C)=C/CC/C(C)=C/CSC[C@H](NC(=O)CCC1CC=CS1)C(=O)O. The Morgan fingerprint density at radius 3 is 2.39 bits per heavy atom. The molecule has 31 heavy (non-hydrogen) atoms. The Morgan fingerprint density at radius 2 is 1.77 bits per heavy atom. The average molecular weight is 466 g/mol. The van der Waals surface area contributed by atoms with Crippen molar-refractivity contribution in [3.05, 3.63) is 46.4 Å². The van der Waals surface area contributed by atoms with E-state index in [2.05, 4.69) is 62.7 Å². The first-order valence-electron chi connectivity index (χ1n) is 11.1. The van der Waals surface area contributed by atoms with Crippen LogP contribution in [0.2, 0.25) is 0 Å². The summed E-state index contributed by atoms with van der Waals surface area (Å²) in [7, 11) is 0. The van der Waals surface area contributed by atoms with Gasteiger partial charge in [-0.15, -0.1) is 11.8 Å². The quantitative estimate of drug-likeness (QED) is 0.213. The summed E-state index contributed by atoms with van der Waals surface area (Å²) in [5.74, 6) is 0.0127. The van der Waals surface area contributed by atoms with Gasteiger partial charge in [0.05, 0.1) is 0 Å². The van der Waals surface area contributed by atoms with Crippen LogP contribution in [0.3, 0.4) is 0 Å². The molecule has 0 aromatic carbocycles. The summed E-state index contributed by atoms with van der Waals surface area (Å²) in [5, 5.41) is 14.6. The standard InChI is InChI=1S/C25H39NO3S2/c1-19(2)8-5-9-20(3)10-6-11-21(4)15-17-30-18-23(25(28)29)26-24(27)14-13-22-12-7-16-31-22/h7-8,10,15-16,22-23H,5-6,9,11-14,17-18H2,1-4H3,(H,26,27)(H,28,29)/b20-10+,21-15+/t22?,23-/m0/s1. The molecule has 6 heteroatoms. The van der Waals surface area contributed by atoms with Crippen LogP contribution in [0.15, 0.2) is 46.4 Å². The van der Waals surface area contributed by atoms with Gasteiger partial charge in [0.25, 0.3) is 0 Å². The highest BCUT2D eigenvalue weighted by molar-refractivity contribution is 8.03. The lowest BCUT2D eigenvalue weighted by Crippen LogP contribution is -2.42. The van der Waals surface area contributed by atoms with Gasteiger partial charge in [-0.1, -0.05) is 41.0 Å². The molecule has 1 unspecified atom stereocenters. The summed E-state index contributed by atoms with van der Waals surface area (Å²) in [4.78, 5) is 23.6. The molecule has 0 aromatic heterocycles. The molecule has 0 fully saturated rings. The minimum Gasteiger partial charge on any atom is -0.480 e. The van der Waals surface area contributed by atoms with Crippen molar-refractivity contribution in [1.82, 2.24) is 5.32 Å². The van der Waals surface area contributed by atoms with E-state index in [4.69, 9.17) is 0 Å². The van der Waals surface area contributed by atoms with Gasteiger partial charge >= 0.3 is 5.97 Å². The monoisotopic (exact) mass is 465 g/mol. The van der Waals surface area contributed by atoms with Crippen LogP contribution in [-0.4, -0.2) is 39.8 Å². The number of hydrogen-bond donors (Lipinski definition) is 2. The summed E-state index contributed by atoms with van der Waals surface area (Å²) in [6.07, 6.45) is 15.3. The first-order valence-corrected chi connectivity index (χ1v) is 13.2. The highest BCUT2D eigenvalue weighted by atomic mass is 32.2. The number of thioether (sulfide) groups is 2. The van der Waals surface area contributed by atoms with Gasteiger partial charge in [0.15, 0.2) is 0 Å². The lowest BCUT2D eigenvalue weighted by molar-refractivity contribution is -0.141. The topological polar surface area (TPSA) is 66.4 Å². The molecule has 0 saturated heterocycles. The number of nitrogens with one attached hydrogen (secondary N) is 1. The van der Waals surface area contributed by atoms with Crippen LogP contribution in [0.5, 0.6) is 0 Å². The smallest absolute Gasteiger partial charge is 0.327 e. The number of aliphatic carboxylic acids is 1. The van der Waals surface area contributed by atoms with Gasteiger partial charge in [-0.3, -0.25) is 4.79 Å². The maximum atomic E-state index is 12.1. The van der Waals surface area contributed by atoms with Crippen LogP contribution in [0.1, 0.15) is 72.6 Å². The number of amides is 1. The fourth-order valence-corrected chi connectivity index (χ4v) is 5.00. The molecule has 1 heterocycles. The summed E-state index contributed by atoms with van der Waals surface area (Å²) >= 11 is 3.30. The van der Waals surface area contributed by atoms with Crippen molar-refractivity contribution >= 4 is 35.4 Å². The van der Waals surface area contributed by atoms with Crippen LogP contribution < -0.4 is 5.32 Å². The number of hydrogen-bond acceptors (Lipinski definition) is 4. The van der Waals surface area contributed by atoms with E-state index in [1.165, 1.54) is 16.7 Å². The van der Waals surface area contributed by atoms with E-state index < -0.39 is 12.0 Å². The molecule has 2 N–H and O–H groups in total. The molecule has 0 bridgehead atoms. The number of rotatable bonds is 15. The highest BCUT2D eigenvalue weighted by Gasteiger charge is 2.20. The van der Waals surface area contributed by atoms with E-state index in [-0.39, 0.29) is 5.91 Å². The molecule has 0 aliphatic carbocycles. The molecular weight excluding hydrogens is 426 g/mol. The van der Waals surface area contributed by atoms with Crippen molar-refractivity contribution in [3.63, 3.8) is 0 Å². The van der Waals surface area contributed by atoms with Crippen molar-refractivity contribution < 1.29 is 14.7 Å². The summed E-state index contributed by atoms with van der Waals surface area (Å²) < 4.78 is 0. The Morgan fingerprint density at radius 1 is 1.10 bits per heavy atom. The fraction of sp³-hybridized carbons (Fsp3) is 0.600. The van der Waals surface area contributed by atoms with Crippen molar-refractivity contribution in [2.45, 2.75) is 83.9 Å². The molecule has 1 aliphatic heterocycles. The highest BCUT2D eigenvalue weighted by Crippen LogP contribution is 2.27. The predicted octanol–water partition coefficient (Wildman–Crippen LogP) is 6.51. The van der Waals surface area contributed by atoms with Gasteiger partial charge in [-0.2, -0.15) is 11.8 Å². The summed E-state index contributed by atoms with van der Waals surface area (Å²) in [6.45, 7) is 8.58. The maximum absolute atomic E-state index is 12.1. The Hall–Kier alpha value is -1.40. The van der Waals surface area contributed by atoms with Gasteiger partial charge in [0.1, 0.15) is 6.04 Å². The van der Waals surface area contributed by atoms with E-state index in [1.807, 2.05) is 0 Å². The lowest BCUT2D eigenvalue weighted by atomic mass is 10.1.